The van der Waals surface area contributed by atoms with Crippen molar-refractivity contribution in [2.75, 3.05) is 46.0 Å². The Morgan fingerprint density at radius 1 is 1.16 bits per heavy atom. The summed E-state index contributed by atoms with van der Waals surface area (Å²) in [5.74, 6) is 1.01. The fourth-order valence-corrected chi connectivity index (χ4v) is 4.63. The predicted molar refractivity (Wildman–Crippen MR) is 120 cm³/mol. The Morgan fingerprint density at radius 2 is 1.90 bits per heavy atom. The van der Waals surface area contributed by atoms with E-state index in [0.717, 1.165) is 69.8 Å². The number of ether oxygens (including phenoxy) is 2. The molecule has 1 N–H and O–H groups in total. The highest BCUT2D eigenvalue weighted by atomic mass is 16.5. The minimum Gasteiger partial charge on any atom is -0.494 e. The smallest absolute Gasteiger partial charge is 0.224 e. The molecule has 1 unspecified atom stereocenters. The highest BCUT2D eigenvalue weighted by molar-refractivity contribution is 5.78. The number of likely N-dealkylation sites (tertiary alicyclic amines) is 1. The van der Waals surface area contributed by atoms with Crippen LogP contribution in [-0.4, -0.2) is 79.7 Å². The highest BCUT2D eigenvalue weighted by Crippen LogP contribution is 2.23. The molecule has 1 atom stereocenters. The molecule has 2 aliphatic heterocycles. The minimum atomic E-state index is 0.0325. The summed E-state index contributed by atoms with van der Waals surface area (Å²) in [4.78, 5) is 28.9. The summed E-state index contributed by atoms with van der Waals surface area (Å²) in [5.41, 5.74) is 0.978. The van der Waals surface area contributed by atoms with Gasteiger partial charge in [0.05, 0.1) is 13.0 Å². The van der Waals surface area contributed by atoms with Gasteiger partial charge < -0.3 is 19.7 Å². The zero-order valence-electron chi connectivity index (χ0n) is 19.0. The molecule has 0 spiro atoms. The molecule has 0 aromatic heterocycles. The van der Waals surface area contributed by atoms with Gasteiger partial charge in [-0.25, -0.2) is 0 Å². The first-order chi connectivity index (χ1) is 15.1. The fraction of sp³-hybridized carbons (Fsp3) is 0.667. The van der Waals surface area contributed by atoms with Gasteiger partial charge in [-0.05, 0) is 50.3 Å². The van der Waals surface area contributed by atoms with Crippen molar-refractivity contribution in [2.45, 2.75) is 58.0 Å². The van der Waals surface area contributed by atoms with Gasteiger partial charge in [-0.3, -0.25) is 14.5 Å². The van der Waals surface area contributed by atoms with E-state index >= 15 is 0 Å². The lowest BCUT2D eigenvalue weighted by Gasteiger charge is -2.44. The number of hydrogen-bond donors (Lipinski definition) is 1. The van der Waals surface area contributed by atoms with Crippen LogP contribution >= 0.6 is 0 Å². The Hall–Kier alpha value is -2.12. The SMILES string of the molecule is CCOc1ccc(CC(=O)NCCN(C2CCOCC2)C2CCCN(C(C)=O)C2)cc1. The normalized spacial score (nSPS) is 20.0. The third-order valence-corrected chi connectivity index (χ3v) is 6.26. The van der Waals surface area contributed by atoms with Crippen molar-refractivity contribution >= 4 is 11.8 Å². The largest absolute Gasteiger partial charge is 0.494 e. The molecule has 31 heavy (non-hydrogen) atoms. The molecular weight excluding hydrogens is 394 g/mol. The van der Waals surface area contributed by atoms with Gasteiger partial charge in [-0.1, -0.05) is 12.1 Å². The Kier molecular flexibility index (Phi) is 9.15. The van der Waals surface area contributed by atoms with Crippen LogP contribution in [0.25, 0.3) is 0 Å². The van der Waals surface area contributed by atoms with Gasteiger partial charge in [0.15, 0.2) is 0 Å². The summed E-state index contributed by atoms with van der Waals surface area (Å²) in [6.45, 7) is 8.87. The van der Waals surface area contributed by atoms with Crippen LogP contribution in [0.1, 0.15) is 45.1 Å². The van der Waals surface area contributed by atoms with Crippen LogP contribution in [0.3, 0.4) is 0 Å². The average Bonchev–Trinajstić information content (AvgIpc) is 2.79. The number of benzene rings is 1. The Morgan fingerprint density at radius 3 is 2.58 bits per heavy atom. The Balaban J connectivity index is 1.52. The zero-order valence-corrected chi connectivity index (χ0v) is 19.0. The molecule has 1 aromatic carbocycles. The predicted octanol–water partition coefficient (Wildman–Crippen LogP) is 2.24. The lowest BCUT2D eigenvalue weighted by Crippen LogP contribution is -2.55. The van der Waals surface area contributed by atoms with Crippen LogP contribution in [0.2, 0.25) is 0 Å². The van der Waals surface area contributed by atoms with E-state index in [1.807, 2.05) is 36.1 Å². The quantitative estimate of drug-likeness (QED) is 0.649. The lowest BCUT2D eigenvalue weighted by molar-refractivity contribution is -0.131. The van der Waals surface area contributed by atoms with Crippen LogP contribution in [0, 0.1) is 0 Å². The molecule has 0 aliphatic carbocycles. The molecule has 2 aliphatic rings. The molecular formula is C24H37N3O4. The van der Waals surface area contributed by atoms with E-state index < -0.39 is 0 Å². The number of amides is 2. The number of nitrogens with one attached hydrogen (secondary N) is 1. The molecule has 0 bridgehead atoms. The van der Waals surface area contributed by atoms with E-state index in [9.17, 15) is 9.59 Å². The fourth-order valence-electron chi connectivity index (χ4n) is 4.63. The molecule has 3 rings (SSSR count). The van der Waals surface area contributed by atoms with Gasteiger partial charge in [-0.15, -0.1) is 0 Å². The van der Waals surface area contributed by atoms with Gasteiger partial charge in [0.25, 0.3) is 0 Å². The summed E-state index contributed by atoms with van der Waals surface area (Å²) in [5, 5.41) is 3.09. The van der Waals surface area contributed by atoms with Crippen molar-refractivity contribution < 1.29 is 19.1 Å². The third kappa shape index (κ3) is 7.21. The number of piperidine rings is 1. The second-order valence-corrected chi connectivity index (χ2v) is 8.45. The van der Waals surface area contributed by atoms with Gasteiger partial charge in [-0.2, -0.15) is 0 Å². The standard InChI is InChI=1S/C24H37N3O4/c1-3-31-23-8-6-20(7-9-23)17-24(29)25-12-14-27(21-10-15-30-16-11-21)22-5-4-13-26(18-22)19(2)28/h6-9,21-22H,3-5,10-18H2,1-2H3,(H,25,29). The maximum absolute atomic E-state index is 12.5. The van der Waals surface area contributed by atoms with Crippen LogP contribution in [-0.2, 0) is 20.7 Å². The van der Waals surface area contributed by atoms with Crippen LogP contribution in [0.5, 0.6) is 5.75 Å². The molecule has 7 heteroatoms. The van der Waals surface area contributed by atoms with E-state index in [2.05, 4.69) is 10.2 Å². The summed E-state index contributed by atoms with van der Waals surface area (Å²) in [6, 6.07) is 8.50. The summed E-state index contributed by atoms with van der Waals surface area (Å²) >= 11 is 0. The van der Waals surface area contributed by atoms with Crippen molar-refractivity contribution in [1.82, 2.24) is 15.1 Å². The first kappa shape index (κ1) is 23.5. The van der Waals surface area contributed by atoms with E-state index in [0.29, 0.717) is 31.7 Å². The van der Waals surface area contributed by atoms with Gasteiger partial charge in [0.2, 0.25) is 11.8 Å². The summed E-state index contributed by atoms with van der Waals surface area (Å²) < 4.78 is 11.0. The van der Waals surface area contributed by atoms with Crippen molar-refractivity contribution in [3.63, 3.8) is 0 Å². The van der Waals surface area contributed by atoms with Gasteiger partial charge >= 0.3 is 0 Å². The molecule has 0 radical (unpaired) electrons. The number of hydrogen-bond acceptors (Lipinski definition) is 5. The van der Waals surface area contributed by atoms with E-state index in [1.54, 1.807) is 6.92 Å². The number of carbonyl (C=O) groups is 2. The van der Waals surface area contributed by atoms with Crippen molar-refractivity contribution in [3.05, 3.63) is 29.8 Å². The molecule has 172 valence electrons. The molecule has 1 aromatic rings. The second kappa shape index (κ2) is 12.1. The van der Waals surface area contributed by atoms with Crippen molar-refractivity contribution in [2.24, 2.45) is 0 Å². The van der Waals surface area contributed by atoms with E-state index in [-0.39, 0.29) is 11.8 Å². The average molecular weight is 432 g/mol. The monoisotopic (exact) mass is 431 g/mol. The summed E-state index contributed by atoms with van der Waals surface area (Å²) in [7, 11) is 0. The Labute approximate surface area is 186 Å². The Bertz CT molecular complexity index is 703. The first-order valence-corrected chi connectivity index (χ1v) is 11.6. The number of nitrogens with zero attached hydrogens (tertiary/aromatic N) is 2. The molecule has 2 heterocycles. The van der Waals surface area contributed by atoms with Crippen LogP contribution in [0.15, 0.2) is 24.3 Å². The number of carbonyl (C=O) groups excluding carboxylic acids is 2. The highest BCUT2D eigenvalue weighted by Gasteiger charge is 2.31. The maximum Gasteiger partial charge on any atom is 0.224 e. The number of rotatable bonds is 9. The maximum atomic E-state index is 12.5. The van der Waals surface area contributed by atoms with E-state index in [4.69, 9.17) is 9.47 Å². The molecule has 2 fully saturated rings. The topological polar surface area (TPSA) is 71.1 Å². The van der Waals surface area contributed by atoms with Gasteiger partial charge in [0, 0.05) is 58.4 Å². The molecule has 7 nitrogen and oxygen atoms in total. The van der Waals surface area contributed by atoms with E-state index in [1.165, 1.54) is 0 Å². The van der Waals surface area contributed by atoms with Crippen molar-refractivity contribution in [3.8, 4) is 5.75 Å². The minimum absolute atomic E-state index is 0.0325. The van der Waals surface area contributed by atoms with Crippen molar-refractivity contribution in [1.29, 1.82) is 0 Å². The van der Waals surface area contributed by atoms with Crippen LogP contribution in [0.4, 0.5) is 0 Å². The molecule has 0 saturated carbocycles. The lowest BCUT2D eigenvalue weighted by atomic mass is 9.98. The molecule has 2 saturated heterocycles. The zero-order chi connectivity index (χ0) is 22.1. The summed E-state index contributed by atoms with van der Waals surface area (Å²) in [6.07, 6.45) is 4.52. The third-order valence-electron chi connectivity index (χ3n) is 6.26. The first-order valence-electron chi connectivity index (χ1n) is 11.6. The second-order valence-electron chi connectivity index (χ2n) is 8.45. The van der Waals surface area contributed by atoms with Gasteiger partial charge in [0.1, 0.15) is 5.75 Å². The molecule has 2 amide bonds. The van der Waals surface area contributed by atoms with Crippen LogP contribution < -0.4 is 10.1 Å².